The predicted octanol–water partition coefficient (Wildman–Crippen LogP) is 1.99. The Bertz CT molecular complexity index is 680. The van der Waals surface area contributed by atoms with E-state index in [0.717, 1.165) is 18.9 Å². The summed E-state index contributed by atoms with van der Waals surface area (Å²) >= 11 is 0. The van der Waals surface area contributed by atoms with E-state index < -0.39 is 23.8 Å². The van der Waals surface area contributed by atoms with Crippen molar-refractivity contribution in [1.29, 1.82) is 5.26 Å². The van der Waals surface area contributed by atoms with Gasteiger partial charge in [-0.2, -0.15) is 5.26 Å². The molecule has 2 aliphatic heterocycles. The average Bonchev–Trinajstić information content (AvgIpc) is 3.00. The third kappa shape index (κ3) is 4.28. The van der Waals surface area contributed by atoms with Gasteiger partial charge in [0.15, 0.2) is 0 Å². The van der Waals surface area contributed by atoms with E-state index >= 15 is 0 Å². The molecular formula is C18H21F3N4O. The molecule has 0 bridgehead atoms. The topological polar surface area (TPSA) is 59.4 Å². The lowest BCUT2D eigenvalue weighted by molar-refractivity contribution is -0.130. The average molecular weight is 366 g/mol. The number of nitriles is 1. The van der Waals surface area contributed by atoms with Crippen molar-refractivity contribution in [2.24, 2.45) is 0 Å². The number of rotatable bonds is 4. The molecule has 8 heteroatoms. The van der Waals surface area contributed by atoms with Crippen LogP contribution in [0.1, 0.15) is 19.3 Å². The predicted molar refractivity (Wildman–Crippen MR) is 90.2 cm³/mol. The third-order valence-electron chi connectivity index (χ3n) is 4.97. The molecule has 3 rings (SSSR count). The van der Waals surface area contributed by atoms with Crippen LogP contribution in [-0.2, 0) is 4.79 Å². The van der Waals surface area contributed by atoms with Crippen molar-refractivity contribution < 1.29 is 18.0 Å². The quantitative estimate of drug-likeness (QED) is 0.885. The number of halogens is 3. The van der Waals surface area contributed by atoms with E-state index in [1.54, 1.807) is 0 Å². The number of hydrogen-bond donors (Lipinski definition) is 1. The molecule has 2 aliphatic rings. The lowest BCUT2D eigenvalue weighted by atomic mass is 10.0. The maximum Gasteiger partial charge on any atom is 0.237 e. The molecule has 26 heavy (non-hydrogen) atoms. The number of piperidine rings is 1. The summed E-state index contributed by atoms with van der Waals surface area (Å²) in [4.78, 5) is 15.4. The summed E-state index contributed by atoms with van der Waals surface area (Å²) in [7, 11) is 0. The fourth-order valence-corrected chi connectivity index (χ4v) is 3.58. The van der Waals surface area contributed by atoms with Crippen molar-refractivity contribution in [1.82, 2.24) is 10.2 Å². The van der Waals surface area contributed by atoms with E-state index in [0.29, 0.717) is 18.8 Å². The van der Waals surface area contributed by atoms with Gasteiger partial charge in [-0.15, -0.1) is 0 Å². The minimum absolute atomic E-state index is 0.0255. The normalized spacial score (nSPS) is 23.9. The zero-order chi connectivity index (χ0) is 18.7. The maximum absolute atomic E-state index is 13.4. The highest BCUT2D eigenvalue weighted by atomic mass is 19.1. The van der Waals surface area contributed by atoms with Crippen LogP contribution >= 0.6 is 0 Å². The van der Waals surface area contributed by atoms with E-state index in [1.807, 2.05) is 11.0 Å². The Hall–Kier alpha value is -2.27. The molecule has 1 aromatic carbocycles. The Morgan fingerprint density at radius 1 is 1.23 bits per heavy atom. The molecule has 2 atom stereocenters. The van der Waals surface area contributed by atoms with E-state index in [-0.39, 0.29) is 31.5 Å². The molecule has 0 unspecified atom stereocenters. The second-order valence-corrected chi connectivity index (χ2v) is 6.79. The van der Waals surface area contributed by atoms with Crippen molar-refractivity contribution in [2.75, 3.05) is 31.1 Å². The Morgan fingerprint density at radius 3 is 2.50 bits per heavy atom. The Morgan fingerprint density at radius 2 is 1.88 bits per heavy atom. The molecule has 1 amide bonds. The van der Waals surface area contributed by atoms with Crippen LogP contribution in [0.3, 0.4) is 0 Å². The van der Waals surface area contributed by atoms with Crippen molar-refractivity contribution in [3.05, 3.63) is 29.8 Å². The summed E-state index contributed by atoms with van der Waals surface area (Å²) in [5, 5.41) is 12.2. The van der Waals surface area contributed by atoms with Gasteiger partial charge in [0.2, 0.25) is 5.91 Å². The number of amides is 1. The van der Waals surface area contributed by atoms with Crippen LogP contribution in [0.5, 0.6) is 0 Å². The SMILES string of the molecule is N#C[C@@H]1C[C@H](F)CN1C(=O)CNC1CCN(c2cc(F)cc(F)c2)CC1. The molecule has 1 aromatic rings. The van der Waals surface area contributed by atoms with Crippen LogP contribution in [-0.4, -0.2) is 55.2 Å². The minimum Gasteiger partial charge on any atom is -0.371 e. The van der Waals surface area contributed by atoms with Gasteiger partial charge < -0.3 is 15.1 Å². The summed E-state index contributed by atoms with van der Waals surface area (Å²) in [6, 6.07) is 4.83. The van der Waals surface area contributed by atoms with Gasteiger partial charge in [-0.05, 0) is 25.0 Å². The van der Waals surface area contributed by atoms with Gasteiger partial charge in [0, 0.05) is 37.3 Å². The smallest absolute Gasteiger partial charge is 0.237 e. The zero-order valence-electron chi connectivity index (χ0n) is 14.3. The van der Waals surface area contributed by atoms with Crippen molar-refractivity contribution in [2.45, 2.75) is 37.5 Å². The van der Waals surface area contributed by atoms with E-state index in [1.165, 1.54) is 17.0 Å². The first-order chi connectivity index (χ1) is 12.5. The number of carbonyl (C=O) groups excluding carboxylic acids is 1. The van der Waals surface area contributed by atoms with Gasteiger partial charge in [0.25, 0.3) is 0 Å². The Balaban J connectivity index is 1.47. The highest BCUT2D eigenvalue weighted by molar-refractivity contribution is 5.79. The highest BCUT2D eigenvalue weighted by Gasteiger charge is 2.35. The van der Waals surface area contributed by atoms with E-state index in [2.05, 4.69) is 5.32 Å². The molecule has 0 radical (unpaired) electrons. The minimum atomic E-state index is -1.14. The first kappa shape index (κ1) is 18.5. The van der Waals surface area contributed by atoms with Gasteiger partial charge in [-0.25, -0.2) is 13.2 Å². The van der Waals surface area contributed by atoms with Gasteiger partial charge in [0.05, 0.1) is 19.2 Å². The zero-order valence-corrected chi connectivity index (χ0v) is 14.3. The lowest BCUT2D eigenvalue weighted by Gasteiger charge is -2.34. The second kappa shape index (κ2) is 7.96. The van der Waals surface area contributed by atoms with Crippen LogP contribution in [0.4, 0.5) is 18.9 Å². The molecule has 2 fully saturated rings. The van der Waals surface area contributed by atoms with Crippen molar-refractivity contribution in [3.8, 4) is 6.07 Å². The van der Waals surface area contributed by atoms with Gasteiger partial charge in [-0.1, -0.05) is 0 Å². The highest BCUT2D eigenvalue weighted by Crippen LogP contribution is 2.23. The number of nitrogens with one attached hydrogen (secondary N) is 1. The lowest BCUT2D eigenvalue weighted by Crippen LogP contribution is -2.47. The summed E-state index contributed by atoms with van der Waals surface area (Å²) in [5.41, 5.74) is 0.514. The molecule has 140 valence electrons. The second-order valence-electron chi connectivity index (χ2n) is 6.79. The first-order valence-corrected chi connectivity index (χ1v) is 8.74. The number of benzene rings is 1. The molecule has 5 nitrogen and oxygen atoms in total. The Kier molecular flexibility index (Phi) is 5.67. The first-order valence-electron chi connectivity index (χ1n) is 8.74. The van der Waals surface area contributed by atoms with Gasteiger partial charge in [-0.3, -0.25) is 4.79 Å². The standard InChI is InChI=1S/C18H21F3N4O/c19-12-5-13(20)7-16(6-12)24-3-1-15(2-4-24)23-10-18(26)25-11-14(21)8-17(25)9-22/h5-7,14-15,17,23H,1-4,8,10-11H2/t14-,17-/m0/s1. The molecule has 1 N–H and O–H groups in total. The van der Waals surface area contributed by atoms with Crippen LogP contribution in [0.2, 0.25) is 0 Å². The monoisotopic (exact) mass is 366 g/mol. The molecule has 0 aliphatic carbocycles. The summed E-state index contributed by atoms with van der Waals surface area (Å²) in [6.45, 7) is 1.27. The number of anilines is 1. The van der Waals surface area contributed by atoms with Crippen LogP contribution < -0.4 is 10.2 Å². The number of hydrogen-bond acceptors (Lipinski definition) is 4. The Labute approximate surface area is 150 Å². The molecule has 0 spiro atoms. The summed E-state index contributed by atoms with van der Waals surface area (Å²) < 4.78 is 40.1. The fourth-order valence-electron chi connectivity index (χ4n) is 3.58. The molecule has 0 saturated carbocycles. The van der Waals surface area contributed by atoms with Crippen molar-refractivity contribution >= 4 is 11.6 Å². The number of alkyl halides is 1. The van der Waals surface area contributed by atoms with E-state index in [4.69, 9.17) is 5.26 Å². The van der Waals surface area contributed by atoms with Crippen LogP contribution in [0.15, 0.2) is 18.2 Å². The van der Waals surface area contributed by atoms with Crippen LogP contribution in [0.25, 0.3) is 0 Å². The number of likely N-dealkylation sites (tertiary alicyclic amines) is 1. The fraction of sp³-hybridized carbons (Fsp3) is 0.556. The van der Waals surface area contributed by atoms with Crippen LogP contribution in [0, 0.1) is 23.0 Å². The van der Waals surface area contributed by atoms with E-state index in [9.17, 15) is 18.0 Å². The van der Waals surface area contributed by atoms with Crippen molar-refractivity contribution in [3.63, 3.8) is 0 Å². The molecular weight excluding hydrogens is 345 g/mol. The summed E-state index contributed by atoms with van der Waals surface area (Å²) in [5.74, 6) is -1.48. The third-order valence-corrected chi connectivity index (χ3v) is 4.97. The molecule has 0 aromatic heterocycles. The largest absolute Gasteiger partial charge is 0.371 e. The molecule has 2 saturated heterocycles. The summed E-state index contributed by atoms with van der Waals surface area (Å²) in [6.07, 6.45) is 0.376. The maximum atomic E-state index is 13.4. The number of carbonyl (C=O) groups is 1. The molecule has 2 heterocycles. The number of nitrogens with zero attached hydrogens (tertiary/aromatic N) is 3. The van der Waals surface area contributed by atoms with Gasteiger partial charge in [0.1, 0.15) is 23.8 Å². The van der Waals surface area contributed by atoms with Gasteiger partial charge >= 0.3 is 0 Å².